The van der Waals surface area contributed by atoms with Crippen LogP contribution in [-0.2, 0) is 25.6 Å². The Morgan fingerprint density at radius 3 is 2.11 bits per heavy atom. The molecule has 1 aliphatic rings. The molecule has 7 heteroatoms. The first-order chi connectivity index (χ1) is 17.3. The maximum atomic E-state index is 12.1. The highest BCUT2D eigenvalue weighted by atomic mass is 16.6. The molecule has 35 heavy (non-hydrogen) atoms. The number of amides is 1. The van der Waals surface area contributed by atoms with Crippen LogP contribution < -0.4 is 5.32 Å². The number of alkyl carbamates (subject to hydrolysis) is 1. The highest BCUT2D eigenvalue weighted by molar-refractivity contribution is 6.34. The number of benzene rings is 3. The van der Waals surface area contributed by atoms with Crippen molar-refractivity contribution in [1.29, 1.82) is 0 Å². The second-order valence-corrected chi connectivity index (χ2v) is 8.23. The van der Waals surface area contributed by atoms with Gasteiger partial charge in [-0.15, -0.1) is 0 Å². The van der Waals surface area contributed by atoms with Crippen LogP contribution in [0.3, 0.4) is 0 Å². The van der Waals surface area contributed by atoms with Crippen molar-refractivity contribution in [3.8, 4) is 11.1 Å². The smallest absolute Gasteiger partial charge is 0.407 e. The lowest BCUT2D eigenvalue weighted by atomic mass is 9.82. The fourth-order valence-electron chi connectivity index (χ4n) is 4.14. The van der Waals surface area contributed by atoms with Gasteiger partial charge < -0.3 is 24.3 Å². The molecule has 1 aliphatic carbocycles. The van der Waals surface area contributed by atoms with Crippen LogP contribution in [0.4, 0.5) is 4.79 Å². The summed E-state index contributed by atoms with van der Waals surface area (Å²) >= 11 is 0. The van der Waals surface area contributed by atoms with E-state index in [0.717, 1.165) is 5.56 Å². The monoisotopic (exact) mass is 472 g/mol. The summed E-state index contributed by atoms with van der Waals surface area (Å²) in [5.41, 5.74) is 5.98. The van der Waals surface area contributed by atoms with Gasteiger partial charge in [-0.05, 0) is 27.8 Å². The van der Waals surface area contributed by atoms with Crippen LogP contribution in [0.25, 0.3) is 11.1 Å². The Kier molecular flexibility index (Phi) is 9.77. The molecule has 3 aromatic rings. The van der Waals surface area contributed by atoms with Crippen molar-refractivity contribution >= 4 is 13.4 Å². The van der Waals surface area contributed by atoms with E-state index in [-0.39, 0.29) is 5.92 Å². The fraction of sp³-hybridized carbons (Fsp3) is 0.321. The van der Waals surface area contributed by atoms with Crippen molar-refractivity contribution in [3.63, 3.8) is 0 Å². The molecule has 1 radical (unpaired) electrons. The Hall–Kier alpha value is -3.13. The largest absolute Gasteiger partial charge is 0.449 e. The first-order valence-corrected chi connectivity index (χ1v) is 12.0. The van der Waals surface area contributed by atoms with E-state index in [9.17, 15) is 4.79 Å². The third kappa shape index (κ3) is 7.43. The van der Waals surface area contributed by atoms with E-state index in [2.05, 4.69) is 29.6 Å². The molecule has 0 saturated carbocycles. The van der Waals surface area contributed by atoms with E-state index >= 15 is 0 Å². The average Bonchev–Trinajstić information content (AvgIpc) is 3.22. The van der Waals surface area contributed by atoms with Crippen molar-refractivity contribution in [2.45, 2.75) is 12.5 Å². The van der Waals surface area contributed by atoms with Crippen LogP contribution in [-0.4, -0.2) is 59.4 Å². The van der Waals surface area contributed by atoms with Gasteiger partial charge in [0.25, 0.3) is 0 Å². The summed E-state index contributed by atoms with van der Waals surface area (Å²) in [5.74, 6) is 0.0575. The zero-order valence-corrected chi connectivity index (χ0v) is 19.9. The lowest BCUT2D eigenvalue weighted by Gasteiger charge is -2.14. The van der Waals surface area contributed by atoms with Crippen LogP contribution in [0.2, 0.25) is 0 Å². The van der Waals surface area contributed by atoms with Gasteiger partial charge in [0.05, 0.1) is 26.4 Å². The van der Waals surface area contributed by atoms with Gasteiger partial charge in [0.15, 0.2) is 7.28 Å². The maximum absolute atomic E-state index is 12.1. The van der Waals surface area contributed by atoms with Crippen LogP contribution in [0.5, 0.6) is 0 Å². The molecule has 1 amide bonds. The minimum atomic E-state index is -0.434. The Bertz CT molecular complexity index is 1020. The molecule has 6 nitrogen and oxygen atoms in total. The van der Waals surface area contributed by atoms with Gasteiger partial charge >= 0.3 is 6.09 Å². The third-order valence-electron chi connectivity index (χ3n) is 5.81. The van der Waals surface area contributed by atoms with E-state index in [4.69, 9.17) is 18.9 Å². The number of carbonyl (C=O) groups excluding carboxylic acids is 1. The Morgan fingerprint density at radius 1 is 0.743 bits per heavy atom. The second-order valence-electron chi connectivity index (χ2n) is 8.23. The summed E-state index contributed by atoms with van der Waals surface area (Å²) < 4.78 is 22.1. The molecule has 0 heterocycles. The average molecular weight is 472 g/mol. The molecule has 0 atom stereocenters. The lowest BCUT2D eigenvalue weighted by molar-refractivity contribution is 0.0624. The standard InChI is InChI=1S/C28H31BNO5/c31-28(35-19-27-25-12-6-4-10-23(25)24-11-5-7-13-26(24)27)30-14-15-32-16-17-33-20-29-21-34-18-22-8-2-1-3-9-22/h1-13,27H,14-21H2,(H,30,31). The Balaban J connectivity index is 1.01. The molecule has 3 aromatic carbocycles. The molecular weight excluding hydrogens is 441 g/mol. The molecule has 181 valence electrons. The zero-order valence-electron chi connectivity index (χ0n) is 19.9. The first kappa shape index (κ1) is 25.0. The van der Waals surface area contributed by atoms with Crippen LogP contribution in [0.1, 0.15) is 22.6 Å². The molecule has 1 N–H and O–H groups in total. The summed E-state index contributed by atoms with van der Waals surface area (Å²) in [5, 5.41) is 2.74. The van der Waals surface area contributed by atoms with Crippen molar-refractivity contribution in [2.24, 2.45) is 0 Å². The highest BCUT2D eigenvalue weighted by Gasteiger charge is 2.28. The second kappa shape index (κ2) is 13.7. The van der Waals surface area contributed by atoms with Crippen molar-refractivity contribution in [2.75, 3.05) is 46.0 Å². The Labute approximate surface area is 207 Å². The van der Waals surface area contributed by atoms with E-state index < -0.39 is 6.09 Å². The number of rotatable bonds is 14. The molecule has 0 spiro atoms. The molecule has 0 saturated heterocycles. The number of carbonyl (C=O) groups is 1. The lowest BCUT2D eigenvalue weighted by Crippen LogP contribution is -2.29. The number of hydrogen-bond donors (Lipinski definition) is 1. The summed E-state index contributed by atoms with van der Waals surface area (Å²) in [6, 6.07) is 26.6. The number of fused-ring (bicyclic) bond motifs is 3. The van der Waals surface area contributed by atoms with Crippen molar-refractivity contribution in [3.05, 3.63) is 95.6 Å². The van der Waals surface area contributed by atoms with Gasteiger partial charge in [-0.2, -0.15) is 0 Å². The van der Waals surface area contributed by atoms with E-state index in [1.807, 2.05) is 61.9 Å². The first-order valence-electron chi connectivity index (χ1n) is 12.0. The number of ether oxygens (including phenoxy) is 4. The predicted molar refractivity (Wildman–Crippen MR) is 137 cm³/mol. The SMILES string of the molecule is O=C(NCCOCCOC[B]COCc1ccccc1)OCC1c2ccccc2-c2ccccc21. The summed E-state index contributed by atoms with van der Waals surface area (Å²) in [6.07, 6.45) is -0.434. The van der Waals surface area contributed by atoms with Crippen molar-refractivity contribution < 1.29 is 23.7 Å². The third-order valence-corrected chi connectivity index (χ3v) is 5.81. The van der Waals surface area contributed by atoms with E-state index in [1.54, 1.807) is 0 Å². The molecule has 0 aliphatic heterocycles. The van der Waals surface area contributed by atoms with Gasteiger partial charge in [-0.25, -0.2) is 4.79 Å². The summed E-state index contributed by atoms with van der Waals surface area (Å²) in [4.78, 5) is 12.1. The topological polar surface area (TPSA) is 66.0 Å². The molecule has 4 rings (SSSR count). The number of nitrogens with one attached hydrogen (secondary N) is 1. The summed E-state index contributed by atoms with van der Waals surface area (Å²) in [6.45, 7) is 3.69. The van der Waals surface area contributed by atoms with Crippen LogP contribution in [0, 0.1) is 0 Å². The van der Waals surface area contributed by atoms with Crippen molar-refractivity contribution in [1.82, 2.24) is 5.32 Å². The van der Waals surface area contributed by atoms with Crippen LogP contribution >= 0.6 is 0 Å². The summed E-state index contributed by atoms with van der Waals surface area (Å²) in [7, 11) is 1.95. The van der Waals surface area contributed by atoms with Gasteiger partial charge in [0, 0.05) is 25.5 Å². The fourth-order valence-corrected chi connectivity index (χ4v) is 4.14. The van der Waals surface area contributed by atoms with Gasteiger partial charge in [0.1, 0.15) is 6.61 Å². The molecule has 0 bridgehead atoms. The van der Waals surface area contributed by atoms with E-state index in [0.29, 0.717) is 52.6 Å². The molecule has 0 unspecified atom stereocenters. The molecular formula is C28H31BNO5. The zero-order chi connectivity index (χ0) is 24.1. The van der Waals surface area contributed by atoms with Gasteiger partial charge in [-0.1, -0.05) is 78.9 Å². The minimum Gasteiger partial charge on any atom is -0.449 e. The predicted octanol–water partition coefficient (Wildman–Crippen LogP) is 4.39. The molecule has 0 aromatic heterocycles. The normalized spacial score (nSPS) is 12.1. The highest BCUT2D eigenvalue weighted by Crippen LogP contribution is 2.44. The minimum absolute atomic E-state index is 0.0575. The van der Waals surface area contributed by atoms with Crippen LogP contribution in [0.15, 0.2) is 78.9 Å². The quantitative estimate of drug-likeness (QED) is 0.279. The van der Waals surface area contributed by atoms with Gasteiger partial charge in [0.2, 0.25) is 0 Å². The molecule has 0 fully saturated rings. The van der Waals surface area contributed by atoms with E-state index in [1.165, 1.54) is 22.3 Å². The maximum Gasteiger partial charge on any atom is 0.407 e. The number of hydrogen-bond acceptors (Lipinski definition) is 5. The van der Waals surface area contributed by atoms with Gasteiger partial charge in [-0.3, -0.25) is 0 Å². The Morgan fingerprint density at radius 2 is 1.37 bits per heavy atom.